The SMILES string of the molecule is C=Cc1c2[nH]c(c1C)/C=C1/NC(C3=C4NC(=C(C)C4C(=O)[C@@H]3C(=O)OC)/C=c3\[nH]/c(c(C=O)c3CC)=C\2)[C@@H](CCC(=O)OC)[C@@H]1C. The predicted octanol–water partition coefficient (Wildman–Crippen LogP) is 2.93. The fourth-order valence-corrected chi connectivity index (χ4v) is 7.80. The molecule has 46 heavy (non-hydrogen) atoms. The number of Topliss-reactive ketones (excluding diaryl/α,β-unsaturated/α-hetero) is 1. The number of nitrogens with one attached hydrogen (secondary N) is 4. The minimum atomic E-state index is -1.09. The standard InChI is InChI=1S/C36H40N4O6/c1-8-19-16(3)23-12-24-17(4)21(10-11-29(42)45-6)33(39-24)31-32(36(44)46-7)35(43)30-18(5)25(40-34(30)31)13-27-20(9-2)22(15-41)28(38-27)14-26(19)37-23/h8,12-15,17,21,30,32-33,37-40H,1,9-11H2,2-7H3/b24-12+,27-13-,28-14-/t17-,21-,30?,32+,33?/m0/s1. The number of aldehydes is 1. The highest BCUT2D eigenvalue weighted by Crippen LogP contribution is 2.49. The van der Waals surface area contributed by atoms with Gasteiger partial charge in [0.1, 0.15) is 5.92 Å². The van der Waals surface area contributed by atoms with Gasteiger partial charge in [0.2, 0.25) is 0 Å². The molecule has 0 saturated carbocycles. The number of hydrogen-bond acceptors (Lipinski definition) is 8. The van der Waals surface area contributed by atoms with E-state index >= 15 is 0 Å². The number of hydrogen-bond donors (Lipinski definition) is 4. The molecule has 1 saturated heterocycles. The smallest absolute Gasteiger partial charge is 0.320 e. The monoisotopic (exact) mass is 624 g/mol. The van der Waals surface area contributed by atoms with Crippen molar-refractivity contribution in [2.45, 2.75) is 53.0 Å². The van der Waals surface area contributed by atoms with Gasteiger partial charge in [0, 0.05) is 57.3 Å². The van der Waals surface area contributed by atoms with E-state index in [0.29, 0.717) is 35.0 Å². The summed E-state index contributed by atoms with van der Waals surface area (Å²) in [6, 6.07) is -0.434. The highest BCUT2D eigenvalue weighted by Gasteiger charge is 2.54. The van der Waals surface area contributed by atoms with Crippen molar-refractivity contribution < 1.29 is 28.7 Å². The maximum atomic E-state index is 14.1. The largest absolute Gasteiger partial charge is 0.469 e. The quantitative estimate of drug-likeness (QED) is 0.209. The Morgan fingerprint density at radius 1 is 1.02 bits per heavy atom. The fourth-order valence-electron chi connectivity index (χ4n) is 7.80. The average molecular weight is 625 g/mol. The van der Waals surface area contributed by atoms with Crippen LogP contribution in [0.4, 0.5) is 0 Å². The van der Waals surface area contributed by atoms with E-state index in [1.54, 1.807) is 6.08 Å². The van der Waals surface area contributed by atoms with Crippen molar-refractivity contribution in [2.75, 3.05) is 14.2 Å². The number of carbonyl (C=O) groups is 4. The molecule has 6 rings (SSSR count). The number of fused-ring (bicyclic) bond motifs is 8. The van der Waals surface area contributed by atoms with Gasteiger partial charge < -0.3 is 30.1 Å². The van der Waals surface area contributed by atoms with Crippen molar-refractivity contribution >= 4 is 48.3 Å². The maximum absolute atomic E-state index is 14.1. The summed E-state index contributed by atoms with van der Waals surface area (Å²) in [6.45, 7) is 12.1. The molecule has 2 aromatic heterocycles. The number of H-pyrrole nitrogens is 2. The van der Waals surface area contributed by atoms with Crippen LogP contribution in [0.15, 0.2) is 34.8 Å². The van der Waals surface area contributed by atoms with Crippen LogP contribution in [0, 0.1) is 30.6 Å². The van der Waals surface area contributed by atoms with E-state index in [1.807, 2.05) is 32.9 Å². The van der Waals surface area contributed by atoms with E-state index in [0.717, 1.165) is 56.7 Å². The van der Waals surface area contributed by atoms with Crippen molar-refractivity contribution in [1.82, 2.24) is 20.6 Å². The molecule has 2 unspecified atom stereocenters. The summed E-state index contributed by atoms with van der Waals surface area (Å²) in [7, 11) is 2.67. The third-order valence-corrected chi connectivity index (χ3v) is 10.3. The zero-order valence-electron chi connectivity index (χ0n) is 27.1. The highest BCUT2D eigenvalue weighted by atomic mass is 16.5. The molecule has 5 heterocycles. The van der Waals surface area contributed by atoms with Crippen molar-refractivity contribution in [2.24, 2.45) is 23.7 Å². The number of aromatic nitrogens is 2. The number of ether oxygens (including phenoxy) is 2. The molecule has 0 aromatic carbocycles. The molecular weight excluding hydrogens is 584 g/mol. The molecule has 0 radical (unpaired) electrons. The molecule has 5 atom stereocenters. The molecule has 4 aliphatic rings. The molecule has 1 aliphatic carbocycles. The topological polar surface area (TPSA) is 142 Å². The van der Waals surface area contributed by atoms with Gasteiger partial charge >= 0.3 is 11.9 Å². The zero-order chi connectivity index (χ0) is 33.0. The normalized spacial score (nSPS) is 27.1. The fraction of sp³-hybridized carbons (Fsp3) is 0.389. The number of carbonyl (C=O) groups excluding carboxylic acids is 4. The van der Waals surface area contributed by atoms with E-state index in [4.69, 9.17) is 9.47 Å². The van der Waals surface area contributed by atoms with Gasteiger partial charge in [-0.15, -0.1) is 0 Å². The highest BCUT2D eigenvalue weighted by molar-refractivity contribution is 6.09. The average Bonchev–Trinajstić information content (AvgIpc) is 3.79. The lowest BCUT2D eigenvalue weighted by Crippen LogP contribution is -2.37. The van der Waals surface area contributed by atoms with Gasteiger partial charge in [-0.05, 0) is 73.1 Å². The summed E-state index contributed by atoms with van der Waals surface area (Å²) in [5, 5.41) is 8.64. The van der Waals surface area contributed by atoms with Crippen LogP contribution in [-0.2, 0) is 30.3 Å². The molecular formula is C36H40N4O6. The summed E-state index contributed by atoms with van der Waals surface area (Å²) in [5.41, 5.74) is 8.74. The van der Waals surface area contributed by atoms with Crippen LogP contribution in [-0.4, -0.2) is 54.2 Å². The van der Waals surface area contributed by atoms with E-state index in [9.17, 15) is 19.2 Å². The molecule has 0 amide bonds. The second-order valence-corrected chi connectivity index (χ2v) is 12.5. The third kappa shape index (κ3) is 4.69. The first kappa shape index (κ1) is 31.1. The van der Waals surface area contributed by atoms with Gasteiger partial charge in [-0.25, -0.2) is 0 Å². The predicted molar refractivity (Wildman–Crippen MR) is 174 cm³/mol. The molecule has 10 nitrogen and oxygen atoms in total. The lowest BCUT2D eigenvalue weighted by Gasteiger charge is -2.26. The molecule has 240 valence electrons. The van der Waals surface area contributed by atoms with Crippen LogP contribution in [0.3, 0.4) is 0 Å². The van der Waals surface area contributed by atoms with E-state index in [-0.39, 0.29) is 30.0 Å². The summed E-state index contributed by atoms with van der Waals surface area (Å²) < 4.78 is 10.2. The molecule has 4 N–H and O–H groups in total. The first-order valence-electron chi connectivity index (χ1n) is 15.7. The van der Waals surface area contributed by atoms with Crippen LogP contribution < -0.4 is 21.3 Å². The van der Waals surface area contributed by atoms with Crippen molar-refractivity contribution in [3.05, 3.63) is 79.2 Å². The minimum absolute atomic E-state index is 0.0611. The Morgan fingerprint density at radius 3 is 2.43 bits per heavy atom. The van der Waals surface area contributed by atoms with Crippen LogP contribution >= 0.6 is 0 Å². The zero-order valence-corrected chi connectivity index (χ0v) is 27.1. The summed E-state index contributed by atoms with van der Waals surface area (Å²) in [5.74, 6) is -3.10. The van der Waals surface area contributed by atoms with Crippen LogP contribution in [0.5, 0.6) is 0 Å². The molecule has 8 bridgehead atoms. The van der Waals surface area contributed by atoms with E-state index < -0.39 is 23.8 Å². The Bertz CT molecular complexity index is 1920. The van der Waals surface area contributed by atoms with E-state index in [2.05, 4.69) is 40.2 Å². The first-order valence-corrected chi connectivity index (χ1v) is 15.7. The summed E-state index contributed by atoms with van der Waals surface area (Å²) >= 11 is 0. The minimum Gasteiger partial charge on any atom is -0.469 e. The van der Waals surface area contributed by atoms with Crippen LogP contribution in [0.25, 0.3) is 24.3 Å². The Balaban J connectivity index is 1.66. The van der Waals surface area contributed by atoms with Gasteiger partial charge in [0.15, 0.2) is 12.1 Å². The third-order valence-electron chi connectivity index (χ3n) is 10.3. The Labute approximate surface area is 267 Å². The summed E-state index contributed by atoms with van der Waals surface area (Å²) in [4.78, 5) is 59.2. The number of allylic oxidation sites excluding steroid dienone is 3. The number of esters is 2. The molecule has 10 heteroatoms. The molecule has 3 aliphatic heterocycles. The number of ketones is 1. The Kier molecular flexibility index (Phi) is 8.00. The lowest BCUT2D eigenvalue weighted by atomic mass is 9.80. The maximum Gasteiger partial charge on any atom is 0.320 e. The van der Waals surface area contributed by atoms with Gasteiger partial charge in [0.05, 0.1) is 31.5 Å². The Morgan fingerprint density at radius 2 is 1.78 bits per heavy atom. The number of aromatic amines is 2. The van der Waals surface area contributed by atoms with Crippen molar-refractivity contribution in [1.29, 1.82) is 0 Å². The number of rotatable bonds is 7. The second kappa shape index (κ2) is 11.8. The molecule has 2 aromatic rings. The van der Waals surface area contributed by atoms with Gasteiger partial charge in [-0.1, -0.05) is 26.5 Å². The first-order chi connectivity index (χ1) is 22.1. The van der Waals surface area contributed by atoms with Gasteiger partial charge in [-0.2, -0.15) is 0 Å². The van der Waals surface area contributed by atoms with Crippen LogP contribution in [0.2, 0.25) is 0 Å². The molecule has 0 spiro atoms. The van der Waals surface area contributed by atoms with Gasteiger partial charge in [-0.3, -0.25) is 19.2 Å². The Hall–Kier alpha value is -4.86. The van der Waals surface area contributed by atoms with Crippen molar-refractivity contribution in [3.8, 4) is 0 Å². The van der Waals surface area contributed by atoms with Gasteiger partial charge in [0.25, 0.3) is 0 Å². The summed E-state index contributed by atoms with van der Waals surface area (Å²) in [6.07, 6.45) is 9.90. The molecule has 1 fully saturated rings. The number of methoxy groups -OCH3 is 2. The van der Waals surface area contributed by atoms with Crippen LogP contribution in [0.1, 0.15) is 72.0 Å². The lowest BCUT2D eigenvalue weighted by molar-refractivity contribution is -0.148. The van der Waals surface area contributed by atoms with Crippen molar-refractivity contribution in [3.63, 3.8) is 0 Å². The van der Waals surface area contributed by atoms with E-state index in [1.165, 1.54) is 14.2 Å². The second-order valence-electron chi connectivity index (χ2n) is 12.5.